The van der Waals surface area contributed by atoms with Crippen LogP contribution in [0.4, 0.5) is 8.78 Å². The van der Waals surface area contributed by atoms with Crippen molar-refractivity contribution in [2.24, 2.45) is 0 Å². The predicted octanol–water partition coefficient (Wildman–Crippen LogP) is 3.66. The zero-order valence-corrected chi connectivity index (χ0v) is 10.4. The molecule has 0 saturated carbocycles. The van der Waals surface area contributed by atoms with Crippen molar-refractivity contribution < 1.29 is 8.78 Å². The molecule has 1 N–H and O–H groups in total. The van der Waals surface area contributed by atoms with Crippen LogP contribution in [0.2, 0.25) is 0 Å². The molecule has 0 spiro atoms. The van der Waals surface area contributed by atoms with Gasteiger partial charge >= 0.3 is 0 Å². The van der Waals surface area contributed by atoms with Crippen LogP contribution < -0.4 is 5.32 Å². The zero-order valence-electron chi connectivity index (χ0n) is 10.4. The first kappa shape index (κ1) is 12.7. The van der Waals surface area contributed by atoms with Crippen molar-refractivity contribution in [2.75, 3.05) is 7.05 Å². The molecule has 0 aliphatic heterocycles. The quantitative estimate of drug-likeness (QED) is 0.872. The van der Waals surface area contributed by atoms with Crippen LogP contribution in [0.15, 0.2) is 36.4 Å². The Hall–Kier alpha value is -1.74. The second-order valence-corrected chi connectivity index (χ2v) is 4.30. The number of nitrogens with one attached hydrogen (secondary N) is 1. The van der Waals surface area contributed by atoms with Crippen molar-refractivity contribution in [2.45, 2.75) is 13.5 Å². The van der Waals surface area contributed by atoms with Crippen molar-refractivity contribution in [1.82, 2.24) is 5.32 Å². The maximum absolute atomic E-state index is 13.8. The maximum Gasteiger partial charge on any atom is 0.128 e. The molecule has 94 valence electrons. The lowest BCUT2D eigenvalue weighted by atomic mass is 10.0. The lowest BCUT2D eigenvalue weighted by Gasteiger charge is -2.07. The van der Waals surface area contributed by atoms with E-state index in [-0.39, 0.29) is 11.6 Å². The average molecular weight is 247 g/mol. The van der Waals surface area contributed by atoms with E-state index in [0.717, 1.165) is 11.1 Å². The van der Waals surface area contributed by atoms with Gasteiger partial charge in [-0.15, -0.1) is 0 Å². The molecular weight excluding hydrogens is 232 g/mol. The third-order valence-electron chi connectivity index (χ3n) is 2.91. The number of halogens is 2. The lowest BCUT2D eigenvalue weighted by Crippen LogP contribution is -2.06. The SMILES string of the molecule is CNCc1ccc(-c2ccc(F)c(C)c2)cc1F. The molecular formula is C15H15F2N. The van der Waals surface area contributed by atoms with E-state index in [9.17, 15) is 8.78 Å². The smallest absolute Gasteiger partial charge is 0.128 e. The van der Waals surface area contributed by atoms with Gasteiger partial charge < -0.3 is 5.32 Å². The molecule has 0 unspecified atom stereocenters. The Morgan fingerprint density at radius 1 is 0.944 bits per heavy atom. The van der Waals surface area contributed by atoms with Gasteiger partial charge in [-0.3, -0.25) is 0 Å². The first-order chi connectivity index (χ1) is 8.61. The average Bonchev–Trinajstić information content (AvgIpc) is 2.35. The van der Waals surface area contributed by atoms with E-state index in [4.69, 9.17) is 0 Å². The van der Waals surface area contributed by atoms with E-state index >= 15 is 0 Å². The fraction of sp³-hybridized carbons (Fsp3) is 0.200. The molecule has 0 radical (unpaired) electrons. The van der Waals surface area contributed by atoms with E-state index in [1.54, 1.807) is 32.2 Å². The van der Waals surface area contributed by atoms with Crippen molar-refractivity contribution in [1.29, 1.82) is 0 Å². The second kappa shape index (κ2) is 5.27. The standard InChI is InChI=1S/C15H15F2N/c1-10-7-11(5-6-14(10)16)12-3-4-13(9-18-2)15(17)8-12/h3-8,18H,9H2,1-2H3. The van der Waals surface area contributed by atoms with Gasteiger partial charge in [0.25, 0.3) is 0 Å². The molecule has 2 rings (SSSR count). The summed E-state index contributed by atoms with van der Waals surface area (Å²) in [6.07, 6.45) is 0. The predicted molar refractivity (Wildman–Crippen MR) is 69.3 cm³/mol. The summed E-state index contributed by atoms with van der Waals surface area (Å²) in [6, 6.07) is 9.88. The molecule has 0 amide bonds. The van der Waals surface area contributed by atoms with Crippen LogP contribution in [-0.4, -0.2) is 7.05 Å². The molecule has 2 aromatic rings. The van der Waals surface area contributed by atoms with Gasteiger partial charge in [0.15, 0.2) is 0 Å². The molecule has 3 heteroatoms. The molecule has 0 aliphatic carbocycles. The highest BCUT2D eigenvalue weighted by Crippen LogP contribution is 2.24. The monoisotopic (exact) mass is 247 g/mol. The Morgan fingerprint density at radius 3 is 2.22 bits per heavy atom. The number of rotatable bonds is 3. The van der Waals surface area contributed by atoms with Crippen molar-refractivity contribution in [3.05, 3.63) is 59.2 Å². The van der Waals surface area contributed by atoms with Gasteiger partial charge in [-0.2, -0.15) is 0 Å². The number of benzene rings is 2. The van der Waals surface area contributed by atoms with Crippen LogP contribution in [0.1, 0.15) is 11.1 Å². The van der Waals surface area contributed by atoms with Gasteiger partial charge in [0.2, 0.25) is 0 Å². The van der Waals surface area contributed by atoms with Gasteiger partial charge in [-0.05, 0) is 48.9 Å². The molecule has 0 saturated heterocycles. The number of hydrogen-bond acceptors (Lipinski definition) is 1. The molecule has 0 atom stereocenters. The van der Waals surface area contributed by atoms with Gasteiger partial charge in [0, 0.05) is 12.1 Å². The van der Waals surface area contributed by atoms with Crippen LogP contribution in [0, 0.1) is 18.6 Å². The summed E-state index contributed by atoms with van der Waals surface area (Å²) in [5.74, 6) is -0.491. The lowest BCUT2D eigenvalue weighted by molar-refractivity contribution is 0.601. The van der Waals surface area contributed by atoms with Gasteiger partial charge in [-0.1, -0.05) is 18.2 Å². The van der Waals surface area contributed by atoms with E-state index in [1.807, 2.05) is 6.07 Å². The summed E-state index contributed by atoms with van der Waals surface area (Å²) < 4.78 is 27.0. The van der Waals surface area contributed by atoms with Gasteiger partial charge in [0.05, 0.1) is 0 Å². The van der Waals surface area contributed by atoms with Crippen LogP contribution >= 0.6 is 0 Å². The van der Waals surface area contributed by atoms with Crippen molar-refractivity contribution >= 4 is 0 Å². The summed E-state index contributed by atoms with van der Waals surface area (Å²) in [4.78, 5) is 0. The summed E-state index contributed by atoms with van der Waals surface area (Å²) in [7, 11) is 1.77. The minimum atomic E-state index is -0.246. The minimum absolute atomic E-state index is 0.244. The molecule has 0 aliphatic rings. The molecule has 0 aromatic heterocycles. The third kappa shape index (κ3) is 2.57. The Balaban J connectivity index is 2.39. The highest BCUT2D eigenvalue weighted by Gasteiger charge is 2.06. The molecule has 0 bridgehead atoms. The third-order valence-corrected chi connectivity index (χ3v) is 2.91. The van der Waals surface area contributed by atoms with Gasteiger partial charge in [0.1, 0.15) is 11.6 Å². The fourth-order valence-corrected chi connectivity index (χ4v) is 1.88. The van der Waals surface area contributed by atoms with Crippen molar-refractivity contribution in [3.8, 4) is 11.1 Å². The summed E-state index contributed by atoms with van der Waals surface area (Å²) in [5.41, 5.74) is 2.77. The Labute approximate surface area is 105 Å². The minimum Gasteiger partial charge on any atom is -0.316 e. The van der Waals surface area contributed by atoms with Crippen LogP contribution in [-0.2, 0) is 6.54 Å². The van der Waals surface area contributed by atoms with Crippen LogP contribution in [0.25, 0.3) is 11.1 Å². The Morgan fingerprint density at radius 2 is 1.61 bits per heavy atom. The summed E-state index contributed by atoms with van der Waals surface area (Å²) >= 11 is 0. The normalized spacial score (nSPS) is 10.7. The van der Waals surface area contributed by atoms with E-state index < -0.39 is 0 Å². The van der Waals surface area contributed by atoms with Crippen LogP contribution in [0.5, 0.6) is 0 Å². The van der Waals surface area contributed by atoms with Gasteiger partial charge in [-0.25, -0.2) is 8.78 Å². The molecule has 2 aromatic carbocycles. The Bertz CT molecular complexity index is 564. The van der Waals surface area contributed by atoms with E-state index in [2.05, 4.69) is 5.32 Å². The zero-order chi connectivity index (χ0) is 13.1. The second-order valence-electron chi connectivity index (χ2n) is 4.30. The highest BCUT2D eigenvalue weighted by atomic mass is 19.1. The Kier molecular flexibility index (Phi) is 3.72. The van der Waals surface area contributed by atoms with E-state index in [1.165, 1.54) is 12.1 Å². The highest BCUT2D eigenvalue weighted by molar-refractivity contribution is 5.64. The largest absolute Gasteiger partial charge is 0.316 e. The molecule has 0 heterocycles. The van der Waals surface area contributed by atoms with E-state index in [0.29, 0.717) is 17.7 Å². The topological polar surface area (TPSA) is 12.0 Å². The first-order valence-corrected chi connectivity index (χ1v) is 5.81. The number of aryl methyl sites for hydroxylation is 1. The van der Waals surface area contributed by atoms with Crippen LogP contribution in [0.3, 0.4) is 0 Å². The molecule has 0 fully saturated rings. The molecule has 18 heavy (non-hydrogen) atoms. The van der Waals surface area contributed by atoms with Crippen molar-refractivity contribution in [3.63, 3.8) is 0 Å². The molecule has 1 nitrogen and oxygen atoms in total. The fourth-order valence-electron chi connectivity index (χ4n) is 1.88. The number of hydrogen-bond donors (Lipinski definition) is 1. The summed E-state index contributed by atoms with van der Waals surface area (Å²) in [5, 5.41) is 2.91. The first-order valence-electron chi connectivity index (χ1n) is 5.81. The maximum atomic E-state index is 13.8. The summed E-state index contributed by atoms with van der Waals surface area (Å²) in [6.45, 7) is 2.19.